The standard InChI is InChI=1S/C18H25N3O4/c1-2-19-18(23)20-15-3-4-16-14(11-15)12-21(7-10-25-16)17(22)13-5-8-24-9-6-13/h3-4,11,13H,2,5-10,12H2,1H3,(H2,19,20,23). The SMILES string of the molecule is CCNC(=O)Nc1ccc2c(c1)CN(C(=O)C1CCOCC1)CCO2. The molecule has 3 amide bonds. The lowest BCUT2D eigenvalue weighted by Gasteiger charge is -2.28. The average molecular weight is 347 g/mol. The van der Waals surface area contributed by atoms with Gasteiger partial charge in [0.2, 0.25) is 5.91 Å². The first-order chi connectivity index (χ1) is 12.2. The molecule has 0 spiro atoms. The molecule has 0 aliphatic carbocycles. The van der Waals surface area contributed by atoms with Crippen LogP contribution in [-0.4, -0.2) is 49.7 Å². The molecule has 1 aromatic rings. The van der Waals surface area contributed by atoms with Gasteiger partial charge in [0.15, 0.2) is 0 Å². The van der Waals surface area contributed by atoms with Crippen molar-refractivity contribution < 1.29 is 19.1 Å². The Morgan fingerprint density at radius 2 is 2.04 bits per heavy atom. The second-order valence-corrected chi connectivity index (χ2v) is 6.30. The lowest BCUT2D eigenvalue weighted by molar-refractivity contribution is -0.139. The first-order valence-corrected chi connectivity index (χ1v) is 8.84. The van der Waals surface area contributed by atoms with Gasteiger partial charge in [-0.2, -0.15) is 0 Å². The monoisotopic (exact) mass is 347 g/mol. The van der Waals surface area contributed by atoms with Crippen LogP contribution in [0.25, 0.3) is 0 Å². The van der Waals surface area contributed by atoms with Crippen LogP contribution in [0.15, 0.2) is 18.2 Å². The number of carbonyl (C=O) groups is 2. The van der Waals surface area contributed by atoms with E-state index in [-0.39, 0.29) is 17.9 Å². The van der Waals surface area contributed by atoms with Crippen LogP contribution in [0.4, 0.5) is 10.5 Å². The normalized spacial score (nSPS) is 17.9. The van der Waals surface area contributed by atoms with Crippen LogP contribution < -0.4 is 15.4 Å². The van der Waals surface area contributed by atoms with Crippen molar-refractivity contribution in [2.24, 2.45) is 5.92 Å². The number of rotatable bonds is 3. The molecular formula is C18H25N3O4. The first-order valence-electron chi connectivity index (χ1n) is 8.84. The van der Waals surface area contributed by atoms with Gasteiger partial charge in [-0.05, 0) is 38.0 Å². The smallest absolute Gasteiger partial charge is 0.319 e. The Kier molecular flexibility index (Phi) is 5.75. The van der Waals surface area contributed by atoms with Crippen LogP contribution in [0, 0.1) is 5.92 Å². The van der Waals surface area contributed by atoms with E-state index in [4.69, 9.17) is 9.47 Å². The van der Waals surface area contributed by atoms with Gasteiger partial charge >= 0.3 is 6.03 Å². The van der Waals surface area contributed by atoms with E-state index in [0.717, 1.165) is 24.2 Å². The highest BCUT2D eigenvalue weighted by Gasteiger charge is 2.28. The van der Waals surface area contributed by atoms with Gasteiger partial charge in [0.25, 0.3) is 0 Å². The molecule has 136 valence electrons. The fourth-order valence-electron chi connectivity index (χ4n) is 3.20. The van der Waals surface area contributed by atoms with Gasteiger partial charge in [-0.15, -0.1) is 0 Å². The predicted octanol–water partition coefficient (Wildman–Crippen LogP) is 1.98. The lowest BCUT2D eigenvalue weighted by atomic mass is 9.98. The Balaban J connectivity index is 1.71. The Hall–Kier alpha value is -2.28. The Bertz CT molecular complexity index is 629. The predicted molar refractivity (Wildman–Crippen MR) is 93.6 cm³/mol. The minimum Gasteiger partial charge on any atom is -0.491 e. The zero-order chi connectivity index (χ0) is 17.6. The number of benzene rings is 1. The molecule has 2 heterocycles. The van der Waals surface area contributed by atoms with E-state index in [0.29, 0.717) is 45.1 Å². The molecule has 0 aromatic heterocycles. The zero-order valence-electron chi connectivity index (χ0n) is 14.5. The minimum atomic E-state index is -0.243. The van der Waals surface area contributed by atoms with E-state index >= 15 is 0 Å². The largest absolute Gasteiger partial charge is 0.491 e. The van der Waals surface area contributed by atoms with E-state index in [9.17, 15) is 9.59 Å². The number of nitrogens with one attached hydrogen (secondary N) is 2. The molecule has 0 atom stereocenters. The fourth-order valence-corrected chi connectivity index (χ4v) is 3.20. The molecule has 25 heavy (non-hydrogen) atoms. The molecule has 1 saturated heterocycles. The molecule has 7 heteroatoms. The van der Waals surface area contributed by atoms with Crippen LogP contribution in [0.2, 0.25) is 0 Å². The summed E-state index contributed by atoms with van der Waals surface area (Å²) in [5.74, 6) is 0.970. The summed E-state index contributed by atoms with van der Waals surface area (Å²) in [6.07, 6.45) is 1.56. The van der Waals surface area contributed by atoms with E-state index < -0.39 is 0 Å². The third kappa shape index (κ3) is 4.42. The van der Waals surface area contributed by atoms with Gasteiger partial charge in [-0.3, -0.25) is 4.79 Å². The van der Waals surface area contributed by atoms with Crippen molar-refractivity contribution in [2.75, 3.05) is 38.2 Å². The molecule has 0 bridgehead atoms. The molecule has 0 unspecified atom stereocenters. The highest BCUT2D eigenvalue weighted by molar-refractivity contribution is 5.89. The quantitative estimate of drug-likeness (QED) is 0.876. The molecule has 1 fully saturated rings. The lowest BCUT2D eigenvalue weighted by Crippen LogP contribution is -2.39. The maximum atomic E-state index is 12.8. The number of amides is 3. The van der Waals surface area contributed by atoms with E-state index in [1.54, 1.807) is 0 Å². The maximum Gasteiger partial charge on any atom is 0.319 e. The summed E-state index contributed by atoms with van der Waals surface area (Å²) in [4.78, 5) is 26.4. The molecule has 2 aliphatic heterocycles. The summed E-state index contributed by atoms with van der Waals surface area (Å²) in [6, 6.07) is 5.29. The van der Waals surface area contributed by atoms with Crippen LogP contribution in [0.3, 0.4) is 0 Å². The number of ether oxygens (including phenoxy) is 2. The van der Waals surface area contributed by atoms with Crippen LogP contribution in [0.5, 0.6) is 5.75 Å². The van der Waals surface area contributed by atoms with Crippen LogP contribution in [0.1, 0.15) is 25.3 Å². The third-order valence-electron chi connectivity index (χ3n) is 4.52. The number of nitrogens with zero attached hydrogens (tertiary/aromatic N) is 1. The maximum absolute atomic E-state index is 12.8. The van der Waals surface area contributed by atoms with E-state index in [1.807, 2.05) is 30.0 Å². The molecule has 2 N–H and O–H groups in total. The molecule has 0 saturated carbocycles. The molecule has 3 rings (SSSR count). The van der Waals surface area contributed by atoms with E-state index in [1.165, 1.54) is 0 Å². The van der Waals surface area contributed by atoms with Crippen molar-refractivity contribution in [2.45, 2.75) is 26.3 Å². The average Bonchev–Trinajstić information content (AvgIpc) is 2.84. The van der Waals surface area contributed by atoms with Gasteiger partial charge in [-0.25, -0.2) is 4.79 Å². The highest BCUT2D eigenvalue weighted by Crippen LogP contribution is 2.28. The Morgan fingerprint density at radius 1 is 1.24 bits per heavy atom. The topological polar surface area (TPSA) is 79.9 Å². The third-order valence-corrected chi connectivity index (χ3v) is 4.52. The number of urea groups is 1. The van der Waals surface area contributed by atoms with Crippen molar-refractivity contribution in [3.63, 3.8) is 0 Å². The second kappa shape index (κ2) is 8.20. The Morgan fingerprint density at radius 3 is 2.80 bits per heavy atom. The van der Waals surface area contributed by atoms with Crippen molar-refractivity contribution in [3.05, 3.63) is 23.8 Å². The number of anilines is 1. The Labute approximate surface area is 147 Å². The first kappa shape index (κ1) is 17.5. The number of fused-ring (bicyclic) bond motifs is 1. The van der Waals surface area contributed by atoms with Crippen LogP contribution >= 0.6 is 0 Å². The van der Waals surface area contributed by atoms with Crippen LogP contribution in [-0.2, 0) is 16.1 Å². The van der Waals surface area contributed by atoms with Crippen molar-refractivity contribution >= 4 is 17.6 Å². The summed E-state index contributed by atoms with van der Waals surface area (Å²) in [6.45, 7) is 5.28. The summed E-state index contributed by atoms with van der Waals surface area (Å²) < 4.78 is 11.1. The number of hydrogen-bond donors (Lipinski definition) is 2. The van der Waals surface area contributed by atoms with Gasteiger partial charge < -0.3 is 25.0 Å². The van der Waals surface area contributed by atoms with Crippen molar-refractivity contribution in [3.8, 4) is 5.75 Å². The highest BCUT2D eigenvalue weighted by atomic mass is 16.5. The molecule has 1 aromatic carbocycles. The summed E-state index contributed by atoms with van der Waals surface area (Å²) >= 11 is 0. The molecule has 7 nitrogen and oxygen atoms in total. The number of hydrogen-bond acceptors (Lipinski definition) is 4. The molecule has 2 aliphatic rings. The van der Waals surface area contributed by atoms with Gasteiger partial charge in [0.1, 0.15) is 12.4 Å². The summed E-state index contributed by atoms with van der Waals surface area (Å²) in [5.41, 5.74) is 1.60. The van der Waals surface area contributed by atoms with E-state index in [2.05, 4.69) is 10.6 Å². The zero-order valence-corrected chi connectivity index (χ0v) is 14.5. The second-order valence-electron chi connectivity index (χ2n) is 6.30. The van der Waals surface area contributed by atoms with Gasteiger partial charge in [0, 0.05) is 43.5 Å². The van der Waals surface area contributed by atoms with Crippen molar-refractivity contribution in [1.29, 1.82) is 0 Å². The van der Waals surface area contributed by atoms with Gasteiger partial charge in [-0.1, -0.05) is 0 Å². The molecular weight excluding hydrogens is 322 g/mol. The minimum absolute atomic E-state index is 0.0342. The fraction of sp³-hybridized carbons (Fsp3) is 0.556. The number of carbonyl (C=O) groups excluding carboxylic acids is 2. The summed E-state index contributed by atoms with van der Waals surface area (Å²) in [7, 11) is 0. The molecule has 0 radical (unpaired) electrons. The summed E-state index contributed by atoms with van der Waals surface area (Å²) in [5, 5.41) is 5.49. The van der Waals surface area contributed by atoms with Crippen molar-refractivity contribution in [1.82, 2.24) is 10.2 Å². The van der Waals surface area contributed by atoms with Gasteiger partial charge in [0.05, 0.1) is 6.54 Å².